The molecule has 4 N–H and O–H groups in total. The zero-order valence-electron chi connectivity index (χ0n) is 16.0. The Bertz CT molecular complexity index is 1120. The molecule has 0 unspecified atom stereocenters. The highest BCUT2D eigenvalue weighted by Gasteiger charge is 2.33. The molecule has 9 heteroatoms. The standard InChI is InChI=1S/C21H20FN5O3/c22-13-7-5-12(6-8-13)11-25-21(30)17-18(28)16-14(3-1-9-24-16)20(26-17)27-10-2-4-15(27)19(23)29/h1,3,5-9,15,28H,2,4,10-11H2,(H2,23,29)(H,25,30)/t15-/m0/s1. The molecule has 4 rings (SSSR count). The van der Waals surface area contributed by atoms with Crippen LogP contribution in [0, 0.1) is 5.82 Å². The Labute approximate surface area is 171 Å². The van der Waals surface area contributed by atoms with Gasteiger partial charge in [-0.15, -0.1) is 0 Å². The number of amides is 2. The molecule has 154 valence electrons. The quantitative estimate of drug-likeness (QED) is 0.591. The molecule has 2 aromatic heterocycles. The molecule has 1 saturated heterocycles. The number of carbonyl (C=O) groups excluding carboxylic acids is 2. The Kier molecular flexibility index (Phi) is 5.18. The van der Waals surface area contributed by atoms with Crippen LogP contribution in [0.4, 0.5) is 10.2 Å². The average Bonchev–Trinajstić information content (AvgIpc) is 3.24. The zero-order chi connectivity index (χ0) is 21.3. The number of primary amides is 1. The number of halogens is 1. The van der Waals surface area contributed by atoms with E-state index < -0.39 is 17.9 Å². The number of pyridine rings is 2. The summed E-state index contributed by atoms with van der Waals surface area (Å²) < 4.78 is 13.1. The van der Waals surface area contributed by atoms with Crippen LogP contribution in [-0.2, 0) is 11.3 Å². The molecule has 1 aromatic carbocycles. The van der Waals surface area contributed by atoms with E-state index in [9.17, 15) is 19.1 Å². The summed E-state index contributed by atoms with van der Waals surface area (Å²) in [6.45, 7) is 0.676. The van der Waals surface area contributed by atoms with Crippen molar-refractivity contribution in [2.24, 2.45) is 5.73 Å². The minimum atomic E-state index is -0.611. The number of benzene rings is 1. The normalized spacial score (nSPS) is 16.0. The van der Waals surface area contributed by atoms with Crippen LogP contribution in [0.3, 0.4) is 0 Å². The van der Waals surface area contributed by atoms with Gasteiger partial charge >= 0.3 is 0 Å². The topological polar surface area (TPSA) is 121 Å². The molecule has 0 aliphatic carbocycles. The fourth-order valence-electron chi connectivity index (χ4n) is 3.67. The highest BCUT2D eigenvalue weighted by Crippen LogP contribution is 2.35. The van der Waals surface area contributed by atoms with Crippen molar-refractivity contribution in [3.63, 3.8) is 0 Å². The van der Waals surface area contributed by atoms with Crippen molar-refractivity contribution in [2.75, 3.05) is 11.4 Å². The molecular weight excluding hydrogens is 389 g/mol. The summed E-state index contributed by atoms with van der Waals surface area (Å²) in [7, 11) is 0. The molecule has 3 heterocycles. The molecule has 8 nitrogen and oxygen atoms in total. The molecule has 2 amide bonds. The van der Waals surface area contributed by atoms with Crippen molar-refractivity contribution < 1.29 is 19.1 Å². The second kappa shape index (κ2) is 7.94. The smallest absolute Gasteiger partial charge is 0.274 e. The number of nitrogens with one attached hydrogen (secondary N) is 1. The number of anilines is 1. The largest absolute Gasteiger partial charge is 0.504 e. The number of aromatic nitrogens is 2. The van der Waals surface area contributed by atoms with E-state index in [4.69, 9.17) is 5.73 Å². The highest BCUT2D eigenvalue weighted by molar-refractivity contribution is 6.04. The minimum absolute atomic E-state index is 0.128. The van der Waals surface area contributed by atoms with Gasteiger partial charge in [-0.25, -0.2) is 9.37 Å². The van der Waals surface area contributed by atoms with Crippen LogP contribution in [0.5, 0.6) is 5.75 Å². The van der Waals surface area contributed by atoms with Gasteiger partial charge in [-0.05, 0) is 42.7 Å². The molecule has 0 spiro atoms. The number of carbonyl (C=O) groups is 2. The van der Waals surface area contributed by atoms with E-state index in [2.05, 4.69) is 15.3 Å². The summed E-state index contributed by atoms with van der Waals surface area (Å²) in [6, 6.07) is 8.58. The van der Waals surface area contributed by atoms with Gasteiger partial charge in [-0.2, -0.15) is 0 Å². The van der Waals surface area contributed by atoms with Gasteiger partial charge < -0.3 is 21.1 Å². The lowest BCUT2D eigenvalue weighted by molar-refractivity contribution is -0.119. The molecule has 30 heavy (non-hydrogen) atoms. The fourth-order valence-corrected chi connectivity index (χ4v) is 3.67. The number of nitrogens with two attached hydrogens (primary N) is 1. The van der Waals surface area contributed by atoms with Crippen molar-refractivity contribution in [3.05, 3.63) is 59.7 Å². The lowest BCUT2D eigenvalue weighted by atomic mass is 10.1. The lowest BCUT2D eigenvalue weighted by Crippen LogP contribution is -2.41. The molecule has 1 aliphatic rings. The van der Waals surface area contributed by atoms with Gasteiger partial charge in [0.05, 0.1) is 0 Å². The maximum Gasteiger partial charge on any atom is 0.274 e. The Balaban J connectivity index is 1.71. The van der Waals surface area contributed by atoms with E-state index in [-0.39, 0.29) is 29.3 Å². The molecule has 0 bridgehead atoms. The third kappa shape index (κ3) is 3.61. The fraction of sp³-hybridized carbons (Fsp3) is 0.238. The molecular formula is C21H20FN5O3. The summed E-state index contributed by atoms with van der Waals surface area (Å²) in [4.78, 5) is 35.0. The van der Waals surface area contributed by atoms with Crippen LogP contribution in [0.25, 0.3) is 10.9 Å². The highest BCUT2D eigenvalue weighted by atomic mass is 19.1. The second-order valence-electron chi connectivity index (χ2n) is 7.10. The van der Waals surface area contributed by atoms with E-state index in [1.165, 1.54) is 18.3 Å². The van der Waals surface area contributed by atoms with Gasteiger partial charge in [0.2, 0.25) is 5.91 Å². The average molecular weight is 409 g/mol. The van der Waals surface area contributed by atoms with Crippen molar-refractivity contribution in [3.8, 4) is 5.75 Å². The number of hydrogen-bond donors (Lipinski definition) is 3. The Morgan fingerprint density at radius 2 is 2.03 bits per heavy atom. The van der Waals surface area contributed by atoms with E-state index in [0.717, 1.165) is 6.42 Å². The van der Waals surface area contributed by atoms with Gasteiger partial charge in [-0.1, -0.05) is 12.1 Å². The van der Waals surface area contributed by atoms with Gasteiger partial charge in [0.1, 0.15) is 23.2 Å². The minimum Gasteiger partial charge on any atom is -0.504 e. The molecule has 3 aromatic rings. The van der Waals surface area contributed by atoms with Gasteiger partial charge in [0.25, 0.3) is 5.91 Å². The third-order valence-corrected chi connectivity index (χ3v) is 5.15. The number of fused-ring (bicyclic) bond motifs is 1. The van der Waals surface area contributed by atoms with Gasteiger partial charge in [-0.3, -0.25) is 14.6 Å². The number of aromatic hydroxyl groups is 1. The predicted octanol–water partition coefficient (Wildman–Crippen LogP) is 1.86. The molecule has 0 radical (unpaired) electrons. The van der Waals surface area contributed by atoms with Crippen molar-refractivity contribution in [2.45, 2.75) is 25.4 Å². The van der Waals surface area contributed by atoms with Crippen molar-refractivity contribution >= 4 is 28.5 Å². The van der Waals surface area contributed by atoms with Gasteiger partial charge in [0.15, 0.2) is 11.4 Å². The van der Waals surface area contributed by atoms with Crippen LogP contribution in [0.2, 0.25) is 0 Å². The van der Waals surface area contributed by atoms with Crippen LogP contribution in [0.1, 0.15) is 28.9 Å². The summed E-state index contributed by atoms with van der Waals surface area (Å²) in [6.07, 6.45) is 2.84. The first kappa shape index (κ1) is 19.6. The Morgan fingerprint density at radius 3 is 2.77 bits per heavy atom. The summed E-state index contributed by atoms with van der Waals surface area (Å²) in [5, 5.41) is 13.8. The monoisotopic (exact) mass is 409 g/mol. The maximum atomic E-state index is 13.1. The number of hydrogen-bond acceptors (Lipinski definition) is 6. The first-order valence-electron chi connectivity index (χ1n) is 9.52. The summed E-state index contributed by atoms with van der Waals surface area (Å²) >= 11 is 0. The van der Waals surface area contributed by atoms with E-state index in [0.29, 0.717) is 29.7 Å². The van der Waals surface area contributed by atoms with Gasteiger partial charge in [0, 0.05) is 24.7 Å². The number of rotatable bonds is 5. The van der Waals surface area contributed by atoms with Crippen LogP contribution in [-0.4, -0.2) is 39.5 Å². The first-order valence-corrected chi connectivity index (χ1v) is 9.52. The van der Waals surface area contributed by atoms with Crippen LogP contribution < -0.4 is 16.0 Å². The Hall–Kier alpha value is -3.75. The van der Waals surface area contributed by atoms with Crippen LogP contribution >= 0.6 is 0 Å². The van der Waals surface area contributed by atoms with E-state index in [1.54, 1.807) is 29.2 Å². The van der Waals surface area contributed by atoms with Crippen molar-refractivity contribution in [1.82, 2.24) is 15.3 Å². The van der Waals surface area contributed by atoms with Crippen molar-refractivity contribution in [1.29, 1.82) is 0 Å². The molecule has 1 aliphatic heterocycles. The molecule has 1 atom stereocenters. The SMILES string of the molecule is NC(=O)[C@@H]1CCCN1c1nc(C(=O)NCc2ccc(F)cc2)c(O)c2ncccc12. The first-order chi connectivity index (χ1) is 14.5. The van der Waals surface area contributed by atoms with E-state index in [1.807, 2.05) is 0 Å². The summed E-state index contributed by atoms with van der Waals surface area (Å²) in [5.41, 5.74) is 6.24. The number of nitrogens with zero attached hydrogens (tertiary/aromatic N) is 3. The molecule has 1 fully saturated rings. The maximum absolute atomic E-state index is 13.1. The molecule has 0 saturated carbocycles. The predicted molar refractivity (Wildman–Crippen MR) is 108 cm³/mol. The summed E-state index contributed by atoms with van der Waals surface area (Å²) in [5.74, 6) is -1.42. The second-order valence-corrected chi connectivity index (χ2v) is 7.10. The van der Waals surface area contributed by atoms with Crippen LogP contribution in [0.15, 0.2) is 42.6 Å². The van der Waals surface area contributed by atoms with E-state index >= 15 is 0 Å². The Morgan fingerprint density at radius 1 is 1.27 bits per heavy atom. The third-order valence-electron chi connectivity index (χ3n) is 5.15. The zero-order valence-corrected chi connectivity index (χ0v) is 16.0. The lowest BCUT2D eigenvalue weighted by Gasteiger charge is -2.25.